The summed E-state index contributed by atoms with van der Waals surface area (Å²) in [6, 6.07) is 128. The van der Waals surface area contributed by atoms with Gasteiger partial charge in [-0.05, 0) is 235 Å². The Labute approximate surface area is 738 Å². The lowest BCUT2D eigenvalue weighted by Crippen LogP contribution is -2.59. The first kappa shape index (κ1) is 77.7. The maximum absolute atomic E-state index is 6.48. The van der Waals surface area contributed by atoms with Gasteiger partial charge in [0.2, 0.25) is 0 Å². The van der Waals surface area contributed by atoms with E-state index in [0.29, 0.717) is 0 Å². The van der Waals surface area contributed by atoms with Crippen LogP contribution in [0.2, 0.25) is 0 Å². The third-order valence-electron chi connectivity index (χ3n) is 26.3. The van der Waals surface area contributed by atoms with Crippen LogP contribution in [-0.2, 0) is 21.7 Å². The van der Waals surface area contributed by atoms with Gasteiger partial charge in [0.25, 0.3) is 13.4 Å². The molecule has 0 fully saturated rings. The third kappa shape index (κ3) is 13.0. The number of benzene rings is 17. The molecule has 126 heavy (non-hydrogen) atoms. The Kier molecular flexibility index (Phi) is 18.3. The molecule has 17 aromatic carbocycles. The second kappa shape index (κ2) is 29.7. The molecule has 8 heteroatoms. The second-order valence-corrected chi connectivity index (χ2v) is 38.4. The molecule has 6 nitrogen and oxygen atoms in total. The number of nitrogens with zero attached hydrogens (tertiary/aromatic N) is 1. The molecule has 0 saturated heterocycles. The van der Waals surface area contributed by atoms with Crippen LogP contribution in [-0.4, -0.2) is 17.8 Å². The van der Waals surface area contributed by atoms with E-state index in [-0.39, 0.29) is 35.1 Å². The third-order valence-corrected chi connectivity index (χ3v) is 26.3. The van der Waals surface area contributed by atoms with Crippen molar-refractivity contribution in [2.45, 2.75) is 105 Å². The molecule has 0 atom stereocenters. The van der Waals surface area contributed by atoms with Gasteiger partial charge in [-0.2, -0.15) is 0 Å². The van der Waals surface area contributed by atoms with E-state index in [1.54, 1.807) is 0 Å². The summed E-state index contributed by atoms with van der Waals surface area (Å²) in [7, 11) is 0. The predicted molar refractivity (Wildman–Crippen MR) is 528 cm³/mol. The van der Waals surface area contributed by atoms with E-state index < -0.39 is 0 Å². The summed E-state index contributed by atoms with van der Waals surface area (Å²) in [5.41, 5.74) is 36.5. The van der Waals surface area contributed by atoms with Crippen molar-refractivity contribution in [3.63, 3.8) is 0 Å². The van der Waals surface area contributed by atoms with Crippen molar-refractivity contribution in [2.75, 3.05) is 0 Å². The smallest absolute Gasteiger partial charge is 0.270 e. The lowest BCUT2D eigenvalue weighted by molar-refractivity contribution is 0.443. The Hall–Kier alpha value is -14.3. The quantitative estimate of drug-likeness (QED) is 0.164. The van der Waals surface area contributed by atoms with Gasteiger partial charge in [0.1, 0.15) is 57.5 Å². The minimum atomic E-state index is 0.0230. The fourth-order valence-corrected chi connectivity index (χ4v) is 20.7. The largest absolute Gasteiger partial charge is 0.458 e. The van der Waals surface area contributed by atoms with Gasteiger partial charge in [-0.3, -0.25) is 0 Å². The fourth-order valence-electron chi connectivity index (χ4n) is 20.7. The van der Waals surface area contributed by atoms with Crippen LogP contribution in [0.1, 0.15) is 105 Å². The number of ether oxygens (including phenoxy) is 5. The summed E-state index contributed by atoms with van der Waals surface area (Å²) in [5.74, 6) is 8.76. The summed E-state index contributed by atoms with van der Waals surface area (Å²) in [5, 5.41) is 5.34. The summed E-state index contributed by atoms with van der Waals surface area (Å²) in [4.78, 5) is 0. The maximum Gasteiger partial charge on any atom is 0.270 e. The van der Waals surface area contributed by atoms with Crippen molar-refractivity contribution in [3.8, 4) is 147 Å². The topological polar surface area (TPSA) is 50.6 Å². The zero-order valence-electron chi connectivity index (χ0n) is 73.2. The van der Waals surface area contributed by atoms with Crippen molar-refractivity contribution in [3.05, 3.63) is 380 Å². The molecule has 25 rings (SSSR count). The van der Waals surface area contributed by atoms with E-state index in [1.165, 1.54) is 149 Å². The number of hydrogen-bond acceptors (Lipinski definition) is 5. The molecule has 608 valence electrons. The number of hydrogen-bond donors (Lipinski definition) is 0. The molecular formula is C118H95B2NO5. The lowest BCUT2D eigenvalue weighted by atomic mass is 9.34. The average Bonchev–Trinajstić information content (AvgIpc) is 1.59. The number of rotatable bonds is 4. The maximum atomic E-state index is 6.48. The highest BCUT2D eigenvalue weighted by atomic mass is 16.5. The van der Waals surface area contributed by atoms with E-state index >= 15 is 0 Å². The van der Waals surface area contributed by atoms with Crippen molar-refractivity contribution in [2.24, 2.45) is 0 Å². The number of fused-ring (bicyclic) bond motifs is 18. The molecule has 19 aromatic rings. The summed E-state index contributed by atoms with van der Waals surface area (Å²) in [6.07, 6.45) is 0. The van der Waals surface area contributed by atoms with Crippen molar-refractivity contribution >= 4 is 84.3 Å². The molecule has 0 unspecified atom stereocenters. The van der Waals surface area contributed by atoms with Crippen molar-refractivity contribution in [1.82, 2.24) is 4.40 Å². The molecule has 0 spiro atoms. The highest BCUT2D eigenvalue weighted by Gasteiger charge is 2.47. The molecule has 0 N–H and O–H groups in total. The molecule has 6 aliphatic rings. The lowest BCUT2D eigenvalue weighted by Gasteiger charge is -2.37. The fraction of sp³-hybridized carbons (Fsp3) is 0.136. The highest BCUT2D eigenvalue weighted by molar-refractivity contribution is 7.00. The highest BCUT2D eigenvalue weighted by Crippen LogP contribution is 2.52. The molecule has 0 radical (unpaired) electrons. The Morgan fingerprint density at radius 3 is 0.825 bits per heavy atom. The molecular weight excluding hydrogens is 1530 g/mol. The van der Waals surface area contributed by atoms with Gasteiger partial charge in [-0.15, -0.1) is 0 Å². The van der Waals surface area contributed by atoms with Gasteiger partial charge in [-0.1, -0.05) is 350 Å². The zero-order valence-corrected chi connectivity index (χ0v) is 73.2. The molecule has 2 aromatic heterocycles. The Morgan fingerprint density at radius 2 is 0.452 bits per heavy atom. The van der Waals surface area contributed by atoms with E-state index in [4.69, 9.17) is 23.7 Å². The van der Waals surface area contributed by atoms with Crippen LogP contribution in [0, 0.1) is 0 Å². The normalized spacial score (nSPS) is 13.0. The molecule has 5 aliphatic heterocycles. The zero-order chi connectivity index (χ0) is 85.8. The van der Waals surface area contributed by atoms with Crippen LogP contribution in [0.5, 0.6) is 57.5 Å². The van der Waals surface area contributed by atoms with Crippen LogP contribution in [0.4, 0.5) is 0 Å². The second-order valence-electron chi connectivity index (χ2n) is 38.4. The van der Waals surface area contributed by atoms with Gasteiger partial charge in [0.15, 0.2) is 0 Å². The first-order valence-electron chi connectivity index (χ1n) is 44.2. The van der Waals surface area contributed by atoms with E-state index in [1.807, 2.05) is 48.5 Å². The summed E-state index contributed by atoms with van der Waals surface area (Å²) >= 11 is 0. The average molecular weight is 1630 g/mol. The minimum absolute atomic E-state index is 0.0230. The predicted octanol–water partition coefficient (Wildman–Crippen LogP) is 28.3. The Bertz CT molecular complexity index is 7410. The van der Waals surface area contributed by atoms with Gasteiger partial charge in [0.05, 0.1) is 16.6 Å². The van der Waals surface area contributed by atoms with E-state index in [2.05, 4.69) is 397 Å². The van der Waals surface area contributed by atoms with Crippen molar-refractivity contribution in [1.29, 1.82) is 0 Å². The minimum Gasteiger partial charge on any atom is -0.458 e. The van der Waals surface area contributed by atoms with Gasteiger partial charge < -0.3 is 28.1 Å². The SMILES string of the molecule is CC(C)(C)c1ccccc1-c1cc2c3c(c1)Oc1cccc4c1B3c1c(cccc1O2)O4.CC(C)(C)c1ccccc1-c1cc2c3c(c1)Oc1ccccc1B3c1ccccc1O2.CC(C)(C)c1ccccc1-c1cc2c3ccccc3n3c4ccccc4c(c1)c23.CC(C)(C)c1ccccc1-c1ccc2c(c1)-c1ccccc1-c1ccccc1-c1ccccc1-2. The van der Waals surface area contributed by atoms with Crippen LogP contribution in [0.15, 0.2) is 358 Å². The van der Waals surface area contributed by atoms with Gasteiger partial charge >= 0.3 is 0 Å². The van der Waals surface area contributed by atoms with Crippen molar-refractivity contribution < 1.29 is 23.7 Å². The summed E-state index contributed by atoms with van der Waals surface area (Å²) in [6.45, 7) is 27.5. The Balaban J connectivity index is 0.0000000996. The standard InChI is InChI=1S/C34H28.C28H21BO3.C28H23BO2.C28H23N/c1-34(2,3)33-19-11-10-12-24(33)23-20-21-31-29-17-7-6-15-27(29)25-13-4-5-14-26(25)28-16-8-9-18-30(28)32(31)22-23;1-28(2,3)18-9-5-4-8-17(18)16-14-23-27-24(15-16)32-22-13-7-11-20-26(22)29(27)25-19(30-20)10-6-12-21(25)31-23;1-28(2,3)20-11-5-4-10-19(20)18-16-25-27-26(17-18)31-24-15-9-7-13-22(24)29(27)21-12-6-8-14-23(21)30-25;1-28(2,3)24-13-7-4-10-19(24)18-16-22-20-11-5-8-14-25(20)29-26-15-9-6-12-21(26)23(17-18)27(22)29/h4-22H,1-3H3;4-15H,1-3H3;4-17H,1-3H3;4-17H,1-3H3. The van der Waals surface area contributed by atoms with Crippen LogP contribution >= 0.6 is 0 Å². The number of para-hydroxylation sites is 4. The van der Waals surface area contributed by atoms with Crippen LogP contribution in [0.25, 0.3) is 127 Å². The Morgan fingerprint density at radius 1 is 0.190 bits per heavy atom. The molecule has 0 amide bonds. The molecule has 1 aliphatic carbocycles. The molecule has 7 heterocycles. The first-order valence-corrected chi connectivity index (χ1v) is 44.2. The molecule has 0 bridgehead atoms. The number of aromatic nitrogens is 1. The van der Waals surface area contributed by atoms with E-state index in [0.717, 1.165) is 90.5 Å². The summed E-state index contributed by atoms with van der Waals surface area (Å²) < 4.78 is 34.5. The first-order chi connectivity index (χ1) is 61.1. The van der Waals surface area contributed by atoms with E-state index in [9.17, 15) is 0 Å². The molecule has 0 saturated carbocycles. The van der Waals surface area contributed by atoms with Crippen LogP contribution < -0.4 is 56.5 Å². The van der Waals surface area contributed by atoms with Gasteiger partial charge in [-0.25, -0.2) is 0 Å². The van der Waals surface area contributed by atoms with Crippen LogP contribution in [0.3, 0.4) is 0 Å². The monoisotopic (exact) mass is 1630 g/mol. The van der Waals surface area contributed by atoms with Gasteiger partial charge in [0, 0.05) is 43.4 Å².